The summed E-state index contributed by atoms with van der Waals surface area (Å²) < 4.78 is 0. The van der Waals surface area contributed by atoms with E-state index in [2.05, 4.69) is 9.97 Å². The van der Waals surface area contributed by atoms with E-state index >= 15 is 0 Å². The fourth-order valence-electron chi connectivity index (χ4n) is 2.01. The van der Waals surface area contributed by atoms with Crippen LogP contribution in [0.1, 0.15) is 39.1 Å². The molecule has 2 rings (SSSR count). The number of fused-ring (bicyclic) bond motifs is 1. The Morgan fingerprint density at radius 1 is 1.00 bits per heavy atom. The van der Waals surface area contributed by atoms with Crippen molar-refractivity contribution >= 4 is 28.9 Å². The minimum absolute atomic E-state index is 0.0851. The van der Waals surface area contributed by atoms with E-state index in [1.54, 1.807) is 0 Å². The van der Waals surface area contributed by atoms with Crippen LogP contribution in [-0.2, 0) is 0 Å². The fraction of sp³-hybridized carbons (Fsp3) is 0.333. The molecule has 0 radical (unpaired) electrons. The maximum absolute atomic E-state index is 10.9. The standard InChI is InChI=1S/C18H21N3O4/c1-10(2)17(22)8-15-16(9-18(23)11(3)4)20-14-7-12(21(24)25)5-6-13(14)19-15/h5-11,22-23H,1-4H3/b17-8-,18-9-. The Morgan fingerprint density at radius 3 is 1.92 bits per heavy atom. The molecule has 25 heavy (non-hydrogen) atoms. The van der Waals surface area contributed by atoms with Gasteiger partial charge >= 0.3 is 0 Å². The van der Waals surface area contributed by atoms with Gasteiger partial charge in [0, 0.05) is 36.1 Å². The van der Waals surface area contributed by atoms with Crippen LogP contribution in [0.25, 0.3) is 23.2 Å². The molecule has 0 unspecified atom stereocenters. The van der Waals surface area contributed by atoms with Crippen molar-refractivity contribution < 1.29 is 15.1 Å². The van der Waals surface area contributed by atoms with Crippen LogP contribution >= 0.6 is 0 Å². The molecule has 0 aliphatic rings. The molecule has 0 fully saturated rings. The van der Waals surface area contributed by atoms with Crippen molar-refractivity contribution in [2.24, 2.45) is 11.8 Å². The second kappa shape index (κ2) is 7.29. The van der Waals surface area contributed by atoms with Gasteiger partial charge in [-0.15, -0.1) is 0 Å². The fourth-order valence-corrected chi connectivity index (χ4v) is 2.01. The van der Waals surface area contributed by atoms with Crippen molar-refractivity contribution in [3.8, 4) is 0 Å². The van der Waals surface area contributed by atoms with Crippen LogP contribution in [0.4, 0.5) is 5.69 Å². The highest BCUT2D eigenvalue weighted by Gasteiger charge is 2.13. The first-order valence-electron chi connectivity index (χ1n) is 7.96. The highest BCUT2D eigenvalue weighted by Crippen LogP contribution is 2.23. The zero-order chi connectivity index (χ0) is 18.7. The Hall–Kier alpha value is -2.96. The molecule has 0 spiro atoms. The summed E-state index contributed by atoms with van der Waals surface area (Å²) in [7, 11) is 0. The predicted octanol–water partition coefficient (Wildman–Crippen LogP) is 4.65. The van der Waals surface area contributed by atoms with Gasteiger partial charge in [0.1, 0.15) is 0 Å². The van der Waals surface area contributed by atoms with Crippen molar-refractivity contribution in [1.29, 1.82) is 0 Å². The number of non-ortho nitro benzene ring substituents is 1. The Morgan fingerprint density at radius 2 is 1.48 bits per heavy atom. The molecule has 0 atom stereocenters. The van der Waals surface area contributed by atoms with Crippen LogP contribution in [0.3, 0.4) is 0 Å². The molecule has 2 N–H and O–H groups in total. The van der Waals surface area contributed by atoms with Crippen LogP contribution in [0.2, 0.25) is 0 Å². The van der Waals surface area contributed by atoms with Crippen molar-refractivity contribution in [2.75, 3.05) is 0 Å². The average molecular weight is 343 g/mol. The van der Waals surface area contributed by atoms with Crippen LogP contribution in [0, 0.1) is 22.0 Å². The second-order valence-electron chi connectivity index (χ2n) is 6.37. The summed E-state index contributed by atoms with van der Waals surface area (Å²) in [5.74, 6) is 0.0371. The Labute approximate surface area is 145 Å². The number of hydrogen-bond donors (Lipinski definition) is 2. The quantitative estimate of drug-likeness (QED) is 0.464. The van der Waals surface area contributed by atoms with E-state index in [0.29, 0.717) is 22.4 Å². The molecule has 0 aliphatic carbocycles. The van der Waals surface area contributed by atoms with Gasteiger partial charge in [-0.25, -0.2) is 9.97 Å². The predicted molar refractivity (Wildman–Crippen MR) is 97.1 cm³/mol. The van der Waals surface area contributed by atoms with Gasteiger partial charge in [0.25, 0.3) is 5.69 Å². The molecule has 0 saturated heterocycles. The molecular weight excluding hydrogens is 322 g/mol. The molecule has 1 aromatic carbocycles. The summed E-state index contributed by atoms with van der Waals surface area (Å²) >= 11 is 0. The lowest BCUT2D eigenvalue weighted by Crippen LogP contribution is -2.00. The molecule has 2 aromatic rings. The van der Waals surface area contributed by atoms with Crippen molar-refractivity contribution in [3.63, 3.8) is 0 Å². The minimum atomic E-state index is -0.499. The number of rotatable bonds is 5. The molecule has 0 saturated carbocycles. The van der Waals surface area contributed by atoms with Gasteiger partial charge in [-0.1, -0.05) is 27.7 Å². The number of allylic oxidation sites excluding steroid dienone is 2. The molecule has 132 valence electrons. The van der Waals surface area contributed by atoms with E-state index in [1.807, 2.05) is 27.7 Å². The lowest BCUT2D eigenvalue weighted by atomic mass is 10.1. The summed E-state index contributed by atoms with van der Waals surface area (Å²) in [5, 5.41) is 31.1. The van der Waals surface area contributed by atoms with E-state index in [0.717, 1.165) is 0 Å². The van der Waals surface area contributed by atoms with Crippen LogP contribution in [0.15, 0.2) is 29.7 Å². The summed E-state index contributed by atoms with van der Waals surface area (Å²) in [6, 6.07) is 4.20. The monoisotopic (exact) mass is 343 g/mol. The van der Waals surface area contributed by atoms with E-state index in [1.165, 1.54) is 30.4 Å². The lowest BCUT2D eigenvalue weighted by molar-refractivity contribution is -0.384. The second-order valence-corrected chi connectivity index (χ2v) is 6.37. The van der Waals surface area contributed by atoms with Gasteiger partial charge in [-0.05, 0) is 6.07 Å². The van der Waals surface area contributed by atoms with Crippen LogP contribution in [0.5, 0.6) is 0 Å². The average Bonchev–Trinajstić information content (AvgIpc) is 2.54. The number of aliphatic hydroxyl groups is 2. The van der Waals surface area contributed by atoms with Gasteiger partial charge < -0.3 is 10.2 Å². The maximum Gasteiger partial charge on any atom is 0.271 e. The van der Waals surface area contributed by atoms with E-state index in [9.17, 15) is 20.3 Å². The summed E-state index contributed by atoms with van der Waals surface area (Å²) in [5.41, 5.74) is 1.46. The number of nitro benzene ring substituents is 1. The SMILES string of the molecule is CC(C)/C(O)=C/c1nc2ccc([N+](=O)[O-])cc2nc1/C=C(\O)C(C)C. The molecule has 0 bridgehead atoms. The molecule has 1 aromatic heterocycles. The van der Waals surface area contributed by atoms with Crippen molar-refractivity contribution in [1.82, 2.24) is 9.97 Å². The first-order valence-corrected chi connectivity index (χ1v) is 7.96. The highest BCUT2D eigenvalue weighted by atomic mass is 16.6. The third-order valence-corrected chi connectivity index (χ3v) is 3.67. The highest BCUT2D eigenvalue weighted by molar-refractivity contribution is 5.80. The third kappa shape index (κ3) is 4.32. The van der Waals surface area contributed by atoms with Gasteiger partial charge in [0.05, 0.1) is 38.9 Å². The first kappa shape index (κ1) is 18.4. The van der Waals surface area contributed by atoms with Crippen LogP contribution < -0.4 is 0 Å². The minimum Gasteiger partial charge on any atom is -0.512 e. The normalized spacial score (nSPS) is 13.0. The lowest BCUT2D eigenvalue weighted by Gasteiger charge is -2.09. The largest absolute Gasteiger partial charge is 0.512 e. The number of nitrogens with zero attached hydrogens (tertiary/aromatic N) is 3. The zero-order valence-electron chi connectivity index (χ0n) is 14.6. The van der Waals surface area contributed by atoms with Gasteiger partial charge in [0.15, 0.2) is 0 Å². The van der Waals surface area contributed by atoms with E-state index < -0.39 is 4.92 Å². The topological polar surface area (TPSA) is 109 Å². The van der Waals surface area contributed by atoms with Gasteiger partial charge in [-0.3, -0.25) is 10.1 Å². The Bertz CT molecular complexity index is 870. The number of aromatic nitrogens is 2. The summed E-state index contributed by atoms with van der Waals surface area (Å²) in [6.07, 6.45) is 2.97. The summed E-state index contributed by atoms with van der Waals surface area (Å²) in [6.45, 7) is 7.33. The van der Waals surface area contributed by atoms with Gasteiger partial charge in [-0.2, -0.15) is 0 Å². The third-order valence-electron chi connectivity index (χ3n) is 3.67. The van der Waals surface area contributed by atoms with E-state index in [4.69, 9.17) is 0 Å². The molecule has 7 nitrogen and oxygen atoms in total. The zero-order valence-corrected chi connectivity index (χ0v) is 14.6. The van der Waals surface area contributed by atoms with E-state index in [-0.39, 0.29) is 29.0 Å². The summed E-state index contributed by atoms with van der Waals surface area (Å²) in [4.78, 5) is 19.3. The van der Waals surface area contributed by atoms with Gasteiger partial charge in [0.2, 0.25) is 0 Å². The Kier molecular flexibility index (Phi) is 5.36. The molecule has 0 amide bonds. The molecule has 0 aliphatic heterocycles. The molecule has 1 heterocycles. The van der Waals surface area contributed by atoms with Crippen molar-refractivity contribution in [2.45, 2.75) is 27.7 Å². The first-order chi connectivity index (χ1) is 11.7. The number of nitro groups is 1. The molecule has 7 heteroatoms. The molecular formula is C18H21N3O4. The number of aliphatic hydroxyl groups excluding tert-OH is 2. The smallest absolute Gasteiger partial charge is 0.271 e. The number of hydrogen-bond acceptors (Lipinski definition) is 6. The Balaban J connectivity index is 2.71. The van der Waals surface area contributed by atoms with Crippen molar-refractivity contribution in [3.05, 3.63) is 51.2 Å². The maximum atomic E-state index is 10.9. The van der Waals surface area contributed by atoms with Crippen LogP contribution in [-0.4, -0.2) is 25.1 Å². The number of benzene rings is 1.